The molecule has 3 rings (SSSR count). The van der Waals surface area contributed by atoms with Crippen LogP contribution in [0.5, 0.6) is 0 Å². The molecule has 3 N–H and O–H groups in total. The van der Waals surface area contributed by atoms with Gasteiger partial charge in [-0.3, -0.25) is 9.78 Å². The molecule has 1 aliphatic rings. The lowest BCUT2D eigenvalue weighted by Crippen LogP contribution is -2.40. The molecule has 1 saturated carbocycles. The van der Waals surface area contributed by atoms with Gasteiger partial charge in [0.1, 0.15) is 0 Å². The molecule has 1 aromatic heterocycles. The summed E-state index contributed by atoms with van der Waals surface area (Å²) in [4.78, 5) is 17.1. The fourth-order valence-electron chi connectivity index (χ4n) is 3.25. The summed E-state index contributed by atoms with van der Waals surface area (Å²) in [5.41, 5.74) is 8.23. The van der Waals surface area contributed by atoms with Crippen LogP contribution in [0.4, 0.5) is 0 Å². The largest absolute Gasteiger partial charge is 0.349 e. The topological polar surface area (TPSA) is 68.0 Å². The van der Waals surface area contributed by atoms with E-state index in [1.807, 2.05) is 37.3 Å². The number of hydrogen-bond acceptors (Lipinski definition) is 3. The van der Waals surface area contributed by atoms with Crippen LogP contribution < -0.4 is 11.1 Å². The highest BCUT2D eigenvalue weighted by atomic mass is 16.1. The second kappa shape index (κ2) is 5.82. The number of rotatable bonds is 3. The predicted molar refractivity (Wildman–Crippen MR) is 84.1 cm³/mol. The molecule has 2 aromatic rings. The monoisotopic (exact) mass is 283 g/mol. The van der Waals surface area contributed by atoms with Crippen molar-refractivity contribution < 1.29 is 4.79 Å². The zero-order valence-corrected chi connectivity index (χ0v) is 12.3. The van der Waals surface area contributed by atoms with Gasteiger partial charge >= 0.3 is 0 Å². The first-order chi connectivity index (χ1) is 10.2. The molecule has 1 heterocycles. The summed E-state index contributed by atoms with van der Waals surface area (Å²) in [6.45, 7) is 2.56. The average molecular weight is 283 g/mol. The molecule has 0 aliphatic heterocycles. The van der Waals surface area contributed by atoms with Crippen molar-refractivity contribution in [2.24, 2.45) is 11.7 Å². The minimum Gasteiger partial charge on any atom is -0.349 e. The zero-order chi connectivity index (χ0) is 14.8. The van der Waals surface area contributed by atoms with Crippen LogP contribution in [-0.2, 0) is 0 Å². The van der Waals surface area contributed by atoms with Gasteiger partial charge in [0.15, 0.2) is 0 Å². The SMILES string of the molecule is Cc1cc(C(=O)NC2CCCC2CN)c2ccccc2n1. The summed E-state index contributed by atoms with van der Waals surface area (Å²) < 4.78 is 0. The van der Waals surface area contributed by atoms with E-state index in [0.717, 1.165) is 35.9 Å². The summed E-state index contributed by atoms with van der Waals surface area (Å²) >= 11 is 0. The molecule has 2 atom stereocenters. The van der Waals surface area contributed by atoms with Crippen molar-refractivity contribution >= 4 is 16.8 Å². The number of carbonyl (C=O) groups excluding carboxylic acids is 1. The normalized spacial score (nSPS) is 21.6. The Bertz CT molecular complexity index is 668. The van der Waals surface area contributed by atoms with Crippen LogP contribution in [0.3, 0.4) is 0 Å². The highest BCUT2D eigenvalue weighted by molar-refractivity contribution is 6.06. The average Bonchev–Trinajstić information content (AvgIpc) is 2.93. The first-order valence-corrected chi connectivity index (χ1v) is 7.56. The first kappa shape index (κ1) is 14.0. The molecule has 0 bridgehead atoms. The molecule has 1 aliphatic carbocycles. The fourth-order valence-corrected chi connectivity index (χ4v) is 3.25. The minimum absolute atomic E-state index is 0.0120. The van der Waals surface area contributed by atoms with E-state index >= 15 is 0 Å². The van der Waals surface area contributed by atoms with Crippen molar-refractivity contribution in [2.45, 2.75) is 32.2 Å². The van der Waals surface area contributed by atoms with Crippen molar-refractivity contribution in [2.75, 3.05) is 6.54 Å². The fraction of sp³-hybridized carbons (Fsp3) is 0.412. The molecule has 2 unspecified atom stereocenters. The van der Waals surface area contributed by atoms with Crippen LogP contribution in [0, 0.1) is 12.8 Å². The van der Waals surface area contributed by atoms with Gasteiger partial charge in [-0.25, -0.2) is 0 Å². The Balaban J connectivity index is 1.91. The van der Waals surface area contributed by atoms with Crippen molar-refractivity contribution in [1.29, 1.82) is 0 Å². The second-order valence-corrected chi connectivity index (χ2v) is 5.83. The number of nitrogens with one attached hydrogen (secondary N) is 1. The number of para-hydroxylation sites is 1. The molecule has 4 nitrogen and oxygen atoms in total. The van der Waals surface area contributed by atoms with Gasteiger partial charge in [0.05, 0.1) is 11.1 Å². The highest BCUT2D eigenvalue weighted by Gasteiger charge is 2.28. The molecule has 1 fully saturated rings. The lowest BCUT2D eigenvalue weighted by molar-refractivity contribution is 0.0930. The molecule has 0 radical (unpaired) electrons. The summed E-state index contributed by atoms with van der Waals surface area (Å²) in [5.74, 6) is 0.394. The maximum atomic E-state index is 12.6. The van der Waals surface area contributed by atoms with Crippen LogP contribution in [0.25, 0.3) is 10.9 Å². The van der Waals surface area contributed by atoms with Crippen LogP contribution in [0.2, 0.25) is 0 Å². The Labute approximate surface area is 124 Å². The van der Waals surface area contributed by atoms with Gasteiger partial charge in [-0.1, -0.05) is 24.6 Å². The third-order valence-corrected chi connectivity index (χ3v) is 4.37. The summed E-state index contributed by atoms with van der Waals surface area (Å²) in [7, 11) is 0. The number of hydrogen-bond donors (Lipinski definition) is 2. The smallest absolute Gasteiger partial charge is 0.252 e. The number of aryl methyl sites for hydroxylation is 1. The van der Waals surface area contributed by atoms with Crippen molar-refractivity contribution in [3.05, 3.63) is 41.6 Å². The van der Waals surface area contributed by atoms with Gasteiger partial charge < -0.3 is 11.1 Å². The predicted octanol–water partition coefficient (Wildman–Crippen LogP) is 2.40. The lowest BCUT2D eigenvalue weighted by atomic mass is 10.0. The first-order valence-electron chi connectivity index (χ1n) is 7.56. The summed E-state index contributed by atoms with van der Waals surface area (Å²) in [6, 6.07) is 9.84. The van der Waals surface area contributed by atoms with Crippen LogP contribution in [0.1, 0.15) is 35.3 Å². The third kappa shape index (κ3) is 2.76. The number of fused-ring (bicyclic) bond motifs is 1. The number of nitrogens with two attached hydrogens (primary N) is 1. The van der Waals surface area contributed by atoms with E-state index in [1.54, 1.807) is 0 Å². The summed E-state index contributed by atoms with van der Waals surface area (Å²) in [6.07, 6.45) is 3.27. The summed E-state index contributed by atoms with van der Waals surface area (Å²) in [5, 5.41) is 4.07. The van der Waals surface area contributed by atoms with E-state index < -0.39 is 0 Å². The second-order valence-electron chi connectivity index (χ2n) is 5.83. The molecular formula is C17H21N3O. The molecule has 1 aromatic carbocycles. The maximum Gasteiger partial charge on any atom is 0.252 e. The zero-order valence-electron chi connectivity index (χ0n) is 12.3. The van der Waals surface area contributed by atoms with Gasteiger partial charge in [-0.15, -0.1) is 0 Å². The Morgan fingerprint density at radius 3 is 3.00 bits per heavy atom. The van der Waals surface area contributed by atoms with Crippen molar-refractivity contribution in [3.63, 3.8) is 0 Å². The van der Waals surface area contributed by atoms with E-state index in [2.05, 4.69) is 10.3 Å². The molecule has 1 amide bonds. The van der Waals surface area contributed by atoms with E-state index in [-0.39, 0.29) is 11.9 Å². The van der Waals surface area contributed by atoms with Gasteiger partial charge in [0.2, 0.25) is 0 Å². The van der Waals surface area contributed by atoms with Crippen LogP contribution >= 0.6 is 0 Å². The Morgan fingerprint density at radius 1 is 1.38 bits per heavy atom. The Morgan fingerprint density at radius 2 is 2.19 bits per heavy atom. The van der Waals surface area contributed by atoms with Crippen molar-refractivity contribution in [3.8, 4) is 0 Å². The third-order valence-electron chi connectivity index (χ3n) is 4.37. The molecule has 4 heteroatoms. The molecular weight excluding hydrogens is 262 g/mol. The number of pyridine rings is 1. The quantitative estimate of drug-likeness (QED) is 0.909. The Hall–Kier alpha value is -1.94. The minimum atomic E-state index is -0.0120. The number of carbonyl (C=O) groups is 1. The van der Waals surface area contributed by atoms with Crippen molar-refractivity contribution in [1.82, 2.24) is 10.3 Å². The Kier molecular flexibility index (Phi) is 3.88. The molecule has 0 saturated heterocycles. The van der Waals surface area contributed by atoms with E-state index in [4.69, 9.17) is 5.73 Å². The lowest BCUT2D eigenvalue weighted by Gasteiger charge is -2.20. The van der Waals surface area contributed by atoms with Crippen LogP contribution in [0.15, 0.2) is 30.3 Å². The van der Waals surface area contributed by atoms with E-state index in [0.29, 0.717) is 18.0 Å². The maximum absolute atomic E-state index is 12.6. The van der Waals surface area contributed by atoms with E-state index in [9.17, 15) is 4.79 Å². The van der Waals surface area contributed by atoms with Gasteiger partial charge in [-0.2, -0.15) is 0 Å². The molecule has 0 spiro atoms. The van der Waals surface area contributed by atoms with Gasteiger partial charge in [0.25, 0.3) is 5.91 Å². The highest BCUT2D eigenvalue weighted by Crippen LogP contribution is 2.25. The van der Waals surface area contributed by atoms with Crippen LogP contribution in [-0.4, -0.2) is 23.5 Å². The number of aromatic nitrogens is 1. The van der Waals surface area contributed by atoms with Gasteiger partial charge in [0, 0.05) is 17.1 Å². The molecule has 110 valence electrons. The number of benzene rings is 1. The number of nitrogens with zero attached hydrogens (tertiary/aromatic N) is 1. The van der Waals surface area contributed by atoms with Gasteiger partial charge in [-0.05, 0) is 44.4 Å². The molecule has 21 heavy (non-hydrogen) atoms. The van der Waals surface area contributed by atoms with E-state index in [1.165, 1.54) is 0 Å². The number of amides is 1. The standard InChI is InChI=1S/C17H21N3O/c1-11-9-14(13-6-2-3-7-16(13)19-11)17(21)20-15-8-4-5-12(15)10-18/h2-3,6-7,9,12,15H,4-5,8,10,18H2,1H3,(H,20,21).